The fourth-order valence-electron chi connectivity index (χ4n) is 3.52. The van der Waals surface area contributed by atoms with Gasteiger partial charge < -0.3 is 0 Å². The molecule has 1 aliphatic heterocycles. The summed E-state index contributed by atoms with van der Waals surface area (Å²) in [5.41, 5.74) is 2.67. The van der Waals surface area contributed by atoms with E-state index in [1.165, 1.54) is 12.1 Å². The molecule has 0 saturated carbocycles. The summed E-state index contributed by atoms with van der Waals surface area (Å²) in [4.78, 5) is 26.3. The highest BCUT2D eigenvalue weighted by molar-refractivity contribution is 8.13. The standard InChI is InChI=1S/C24H22N2O4S2/c27-23(26-15-16-31-24(26)28)22(17-18-7-3-1-4-8-18)25-32(29,30)21-13-11-20(12-14-21)19-9-5-2-6-10-19/h1-14,22,25H,15-17H2. The van der Waals surface area contributed by atoms with E-state index in [1.54, 1.807) is 12.1 Å². The molecule has 1 saturated heterocycles. The molecule has 1 atom stereocenters. The Bertz CT molecular complexity index is 1200. The second kappa shape index (κ2) is 9.68. The number of benzene rings is 3. The van der Waals surface area contributed by atoms with E-state index in [-0.39, 0.29) is 23.1 Å². The van der Waals surface area contributed by atoms with Gasteiger partial charge in [-0.05, 0) is 35.2 Å². The zero-order valence-corrected chi connectivity index (χ0v) is 18.8. The first kappa shape index (κ1) is 22.3. The van der Waals surface area contributed by atoms with Crippen LogP contribution < -0.4 is 4.72 Å². The molecular weight excluding hydrogens is 444 g/mol. The number of sulfonamides is 1. The van der Waals surface area contributed by atoms with Crippen molar-refractivity contribution in [1.82, 2.24) is 9.62 Å². The Morgan fingerprint density at radius 3 is 2.09 bits per heavy atom. The van der Waals surface area contributed by atoms with Crippen molar-refractivity contribution in [2.75, 3.05) is 12.3 Å². The fourth-order valence-corrected chi connectivity index (χ4v) is 5.50. The van der Waals surface area contributed by atoms with Gasteiger partial charge in [0, 0.05) is 12.3 Å². The van der Waals surface area contributed by atoms with Crippen LogP contribution in [0.2, 0.25) is 0 Å². The van der Waals surface area contributed by atoms with Crippen LogP contribution in [0.15, 0.2) is 89.8 Å². The highest BCUT2D eigenvalue weighted by Gasteiger charge is 2.35. The van der Waals surface area contributed by atoms with E-state index >= 15 is 0 Å². The number of nitrogens with one attached hydrogen (secondary N) is 1. The summed E-state index contributed by atoms with van der Waals surface area (Å²) in [6.45, 7) is 0.279. The van der Waals surface area contributed by atoms with Crippen LogP contribution in [0, 0.1) is 0 Å². The molecule has 8 heteroatoms. The second-order valence-corrected chi connectivity index (χ2v) is 10.1. The number of carbonyl (C=O) groups is 2. The molecule has 1 N–H and O–H groups in total. The summed E-state index contributed by atoms with van der Waals surface area (Å²) in [6, 6.07) is 24.2. The van der Waals surface area contributed by atoms with Gasteiger partial charge in [0.05, 0.1) is 4.90 Å². The Kier molecular flexibility index (Phi) is 6.74. The molecule has 0 aromatic heterocycles. The van der Waals surface area contributed by atoms with Gasteiger partial charge in [0.2, 0.25) is 15.9 Å². The molecule has 6 nitrogen and oxygen atoms in total. The molecule has 1 unspecified atom stereocenters. The SMILES string of the molecule is O=C1SCCN1C(=O)C(Cc1ccccc1)NS(=O)(=O)c1ccc(-c2ccccc2)cc1. The molecular formula is C24H22N2O4S2. The van der Waals surface area contributed by atoms with Crippen molar-refractivity contribution in [3.8, 4) is 11.1 Å². The number of rotatable bonds is 7. The second-order valence-electron chi connectivity index (χ2n) is 7.36. The first-order valence-electron chi connectivity index (χ1n) is 10.1. The van der Waals surface area contributed by atoms with E-state index < -0.39 is 22.0 Å². The molecule has 0 aliphatic carbocycles. The lowest BCUT2D eigenvalue weighted by molar-refractivity contribution is -0.129. The number of amides is 2. The average molecular weight is 467 g/mol. The minimum absolute atomic E-state index is 0.0603. The van der Waals surface area contributed by atoms with Crippen molar-refractivity contribution in [2.45, 2.75) is 17.4 Å². The lowest BCUT2D eigenvalue weighted by atomic mass is 10.1. The smallest absolute Gasteiger partial charge is 0.273 e. The van der Waals surface area contributed by atoms with Gasteiger partial charge >= 0.3 is 0 Å². The van der Waals surface area contributed by atoms with Crippen LogP contribution in [0.5, 0.6) is 0 Å². The van der Waals surface area contributed by atoms with Crippen LogP contribution in [0.1, 0.15) is 5.56 Å². The normalized spacial score (nSPS) is 15.0. The zero-order valence-electron chi connectivity index (χ0n) is 17.2. The summed E-state index contributed by atoms with van der Waals surface area (Å²) >= 11 is 1.06. The molecule has 32 heavy (non-hydrogen) atoms. The van der Waals surface area contributed by atoms with Crippen LogP contribution in [0.3, 0.4) is 0 Å². The molecule has 1 fully saturated rings. The van der Waals surface area contributed by atoms with Gasteiger partial charge in [0.15, 0.2) is 0 Å². The van der Waals surface area contributed by atoms with Gasteiger partial charge in [0.25, 0.3) is 5.24 Å². The highest BCUT2D eigenvalue weighted by Crippen LogP contribution is 2.23. The van der Waals surface area contributed by atoms with Gasteiger partial charge in [-0.1, -0.05) is 84.6 Å². The predicted molar refractivity (Wildman–Crippen MR) is 126 cm³/mol. The lowest BCUT2D eigenvalue weighted by Crippen LogP contribution is -2.49. The maximum atomic E-state index is 13.1. The van der Waals surface area contributed by atoms with Crippen molar-refractivity contribution in [3.63, 3.8) is 0 Å². The fraction of sp³-hybridized carbons (Fsp3) is 0.167. The predicted octanol–water partition coefficient (Wildman–Crippen LogP) is 3.94. The Labute approximate surface area is 191 Å². The summed E-state index contributed by atoms with van der Waals surface area (Å²) in [5.74, 6) is -0.0237. The Balaban J connectivity index is 1.58. The molecule has 0 radical (unpaired) electrons. The first-order valence-corrected chi connectivity index (χ1v) is 12.6. The van der Waals surface area contributed by atoms with Crippen molar-refractivity contribution in [1.29, 1.82) is 0 Å². The quantitative estimate of drug-likeness (QED) is 0.570. The van der Waals surface area contributed by atoms with Crippen LogP contribution >= 0.6 is 11.8 Å². The molecule has 0 bridgehead atoms. The largest absolute Gasteiger partial charge is 0.288 e. The van der Waals surface area contributed by atoms with Crippen LogP contribution in [-0.2, 0) is 21.2 Å². The maximum Gasteiger partial charge on any atom is 0.288 e. The maximum absolute atomic E-state index is 13.1. The van der Waals surface area contributed by atoms with Crippen molar-refractivity contribution in [2.24, 2.45) is 0 Å². The molecule has 1 aliphatic rings. The van der Waals surface area contributed by atoms with E-state index in [4.69, 9.17) is 0 Å². The number of thioether (sulfide) groups is 1. The molecule has 164 valence electrons. The van der Waals surface area contributed by atoms with Gasteiger partial charge in [-0.2, -0.15) is 4.72 Å². The van der Waals surface area contributed by atoms with Crippen LogP contribution in [0.4, 0.5) is 4.79 Å². The monoisotopic (exact) mass is 466 g/mol. The zero-order chi connectivity index (χ0) is 22.6. The topological polar surface area (TPSA) is 83.6 Å². The van der Waals surface area contributed by atoms with Crippen molar-refractivity contribution < 1.29 is 18.0 Å². The highest BCUT2D eigenvalue weighted by atomic mass is 32.2. The van der Waals surface area contributed by atoms with Gasteiger partial charge in [-0.25, -0.2) is 8.42 Å². The number of hydrogen-bond donors (Lipinski definition) is 1. The Morgan fingerprint density at radius 1 is 0.906 bits per heavy atom. The third-order valence-corrected chi connectivity index (χ3v) is 7.52. The third kappa shape index (κ3) is 5.09. The summed E-state index contributed by atoms with van der Waals surface area (Å²) in [5, 5.41) is -0.348. The molecule has 3 aromatic rings. The molecule has 3 aromatic carbocycles. The first-order chi connectivity index (χ1) is 15.4. The van der Waals surface area contributed by atoms with Crippen LogP contribution in [0.25, 0.3) is 11.1 Å². The summed E-state index contributed by atoms with van der Waals surface area (Å²) < 4.78 is 28.8. The summed E-state index contributed by atoms with van der Waals surface area (Å²) in [7, 11) is -3.99. The molecule has 1 heterocycles. The minimum Gasteiger partial charge on any atom is -0.273 e. The summed E-state index contributed by atoms with van der Waals surface area (Å²) in [6.07, 6.45) is 0.148. The number of nitrogens with zero attached hydrogens (tertiary/aromatic N) is 1. The Morgan fingerprint density at radius 2 is 1.50 bits per heavy atom. The van der Waals surface area contributed by atoms with E-state index in [2.05, 4.69) is 4.72 Å². The van der Waals surface area contributed by atoms with E-state index in [0.29, 0.717) is 5.75 Å². The van der Waals surface area contributed by atoms with Gasteiger partial charge in [-0.15, -0.1) is 0 Å². The van der Waals surface area contributed by atoms with Crippen molar-refractivity contribution >= 4 is 32.9 Å². The van der Waals surface area contributed by atoms with Gasteiger partial charge in [-0.3, -0.25) is 14.5 Å². The lowest BCUT2D eigenvalue weighted by Gasteiger charge is -2.22. The molecule has 2 amide bonds. The number of imide groups is 1. The average Bonchev–Trinajstić information content (AvgIpc) is 3.25. The third-order valence-electron chi connectivity index (χ3n) is 5.18. The van der Waals surface area contributed by atoms with Crippen molar-refractivity contribution in [3.05, 3.63) is 90.5 Å². The van der Waals surface area contributed by atoms with Crippen LogP contribution in [-0.4, -0.2) is 42.8 Å². The molecule has 0 spiro atoms. The number of hydrogen-bond acceptors (Lipinski definition) is 5. The van der Waals surface area contributed by atoms with E-state index in [1.807, 2.05) is 60.7 Å². The van der Waals surface area contributed by atoms with E-state index in [0.717, 1.165) is 33.4 Å². The molecule has 4 rings (SSSR count). The number of carbonyl (C=O) groups excluding carboxylic acids is 2. The Hall–Kier alpha value is -2.94. The van der Waals surface area contributed by atoms with Gasteiger partial charge in [0.1, 0.15) is 6.04 Å². The van der Waals surface area contributed by atoms with E-state index in [9.17, 15) is 18.0 Å². The minimum atomic E-state index is -3.99.